The molecule has 1 aliphatic rings. The summed E-state index contributed by atoms with van der Waals surface area (Å²) in [4.78, 5) is 12.3. The number of alkyl halides is 2. The number of halogens is 2. The topological polar surface area (TPSA) is 46.3 Å². The molecule has 0 unspecified atom stereocenters. The normalized spacial score (nSPS) is 27.4. The monoisotopic (exact) mass is 192 g/mol. The molecule has 0 aromatic heterocycles. The van der Waals surface area contributed by atoms with Gasteiger partial charge in [-0.3, -0.25) is 4.79 Å². The SMILES string of the molecule is CC(C)N1C[C@H](CN)C(F)(F)C1=O. The molecule has 0 spiro atoms. The molecule has 0 aliphatic carbocycles. The maximum atomic E-state index is 13.1. The number of nitrogens with zero attached hydrogens (tertiary/aromatic N) is 1. The minimum absolute atomic E-state index is 0.0694. The Morgan fingerprint density at radius 3 is 2.46 bits per heavy atom. The predicted molar refractivity (Wildman–Crippen MR) is 44.3 cm³/mol. The van der Waals surface area contributed by atoms with Crippen LogP contribution in [0.4, 0.5) is 8.78 Å². The fourth-order valence-corrected chi connectivity index (χ4v) is 1.47. The molecule has 13 heavy (non-hydrogen) atoms. The lowest BCUT2D eigenvalue weighted by Crippen LogP contribution is -2.39. The number of carbonyl (C=O) groups excluding carboxylic acids is 1. The number of amides is 1. The highest BCUT2D eigenvalue weighted by Gasteiger charge is 2.55. The summed E-state index contributed by atoms with van der Waals surface area (Å²) in [6.07, 6.45) is 0. The lowest BCUT2D eigenvalue weighted by molar-refractivity contribution is -0.152. The summed E-state index contributed by atoms with van der Waals surface area (Å²) in [5, 5.41) is 0. The Labute approximate surface area is 75.9 Å². The van der Waals surface area contributed by atoms with Crippen molar-refractivity contribution in [2.75, 3.05) is 13.1 Å². The van der Waals surface area contributed by atoms with Crippen LogP contribution < -0.4 is 5.73 Å². The van der Waals surface area contributed by atoms with Gasteiger partial charge in [0, 0.05) is 19.1 Å². The number of hydrogen-bond donors (Lipinski definition) is 1. The van der Waals surface area contributed by atoms with E-state index < -0.39 is 17.7 Å². The van der Waals surface area contributed by atoms with E-state index in [-0.39, 0.29) is 19.1 Å². The van der Waals surface area contributed by atoms with Crippen molar-refractivity contribution in [3.63, 3.8) is 0 Å². The predicted octanol–water partition coefficient (Wildman–Crippen LogP) is 0.447. The van der Waals surface area contributed by atoms with Crippen molar-refractivity contribution in [2.24, 2.45) is 11.7 Å². The largest absolute Gasteiger partial charge is 0.334 e. The molecule has 1 aliphatic heterocycles. The van der Waals surface area contributed by atoms with Crippen LogP contribution in [0.25, 0.3) is 0 Å². The molecular weight excluding hydrogens is 178 g/mol. The van der Waals surface area contributed by atoms with E-state index in [1.165, 1.54) is 4.90 Å². The second-order valence-corrected chi connectivity index (χ2v) is 3.61. The second-order valence-electron chi connectivity index (χ2n) is 3.61. The van der Waals surface area contributed by atoms with E-state index in [9.17, 15) is 13.6 Å². The first-order chi connectivity index (χ1) is 5.91. The highest BCUT2D eigenvalue weighted by molar-refractivity contribution is 5.86. The Balaban J connectivity index is 2.85. The summed E-state index contributed by atoms with van der Waals surface area (Å²) in [5.41, 5.74) is 5.18. The van der Waals surface area contributed by atoms with Gasteiger partial charge in [-0.25, -0.2) is 0 Å². The number of hydrogen-bond acceptors (Lipinski definition) is 2. The Morgan fingerprint density at radius 2 is 2.23 bits per heavy atom. The number of likely N-dealkylation sites (tertiary alicyclic amines) is 1. The third-order valence-electron chi connectivity index (χ3n) is 2.38. The van der Waals surface area contributed by atoms with Crippen LogP contribution in [-0.4, -0.2) is 35.9 Å². The molecule has 1 saturated heterocycles. The Bertz CT molecular complexity index is 218. The zero-order valence-corrected chi connectivity index (χ0v) is 7.76. The minimum atomic E-state index is -3.26. The quantitative estimate of drug-likeness (QED) is 0.690. The van der Waals surface area contributed by atoms with Gasteiger partial charge in [0.25, 0.3) is 5.91 Å². The van der Waals surface area contributed by atoms with Crippen LogP contribution >= 0.6 is 0 Å². The van der Waals surface area contributed by atoms with Crippen LogP contribution in [0.5, 0.6) is 0 Å². The highest BCUT2D eigenvalue weighted by Crippen LogP contribution is 2.34. The molecule has 76 valence electrons. The molecule has 1 fully saturated rings. The van der Waals surface area contributed by atoms with Crippen LogP contribution in [0.15, 0.2) is 0 Å². The molecule has 1 rings (SSSR count). The van der Waals surface area contributed by atoms with E-state index in [2.05, 4.69) is 0 Å². The van der Waals surface area contributed by atoms with E-state index in [0.717, 1.165) is 0 Å². The van der Waals surface area contributed by atoms with Gasteiger partial charge in [0.15, 0.2) is 0 Å². The summed E-state index contributed by atoms with van der Waals surface area (Å²) < 4.78 is 26.3. The van der Waals surface area contributed by atoms with Crippen molar-refractivity contribution >= 4 is 5.91 Å². The number of nitrogens with two attached hydrogens (primary N) is 1. The van der Waals surface area contributed by atoms with Gasteiger partial charge >= 0.3 is 5.92 Å². The highest BCUT2D eigenvalue weighted by atomic mass is 19.3. The van der Waals surface area contributed by atoms with Crippen LogP contribution in [0.2, 0.25) is 0 Å². The minimum Gasteiger partial charge on any atom is -0.334 e. The molecule has 2 N–H and O–H groups in total. The molecule has 0 aromatic rings. The van der Waals surface area contributed by atoms with E-state index in [1.54, 1.807) is 13.8 Å². The summed E-state index contributed by atoms with van der Waals surface area (Å²) >= 11 is 0. The smallest absolute Gasteiger partial charge is 0.330 e. The van der Waals surface area contributed by atoms with Gasteiger partial charge in [-0.05, 0) is 13.8 Å². The van der Waals surface area contributed by atoms with Crippen molar-refractivity contribution < 1.29 is 13.6 Å². The first-order valence-corrected chi connectivity index (χ1v) is 4.30. The van der Waals surface area contributed by atoms with Gasteiger partial charge in [-0.15, -0.1) is 0 Å². The Morgan fingerprint density at radius 1 is 1.69 bits per heavy atom. The molecule has 3 nitrogen and oxygen atoms in total. The van der Waals surface area contributed by atoms with Crippen molar-refractivity contribution in [1.82, 2.24) is 4.90 Å². The fourth-order valence-electron chi connectivity index (χ4n) is 1.47. The van der Waals surface area contributed by atoms with E-state index in [1.807, 2.05) is 0 Å². The van der Waals surface area contributed by atoms with Crippen molar-refractivity contribution in [2.45, 2.75) is 25.8 Å². The average molecular weight is 192 g/mol. The van der Waals surface area contributed by atoms with Gasteiger partial charge < -0.3 is 10.6 Å². The maximum absolute atomic E-state index is 13.1. The van der Waals surface area contributed by atoms with Crippen molar-refractivity contribution in [3.05, 3.63) is 0 Å². The lowest BCUT2D eigenvalue weighted by Gasteiger charge is -2.19. The number of rotatable bonds is 2. The van der Waals surface area contributed by atoms with Crippen LogP contribution in [0.1, 0.15) is 13.8 Å². The first-order valence-electron chi connectivity index (χ1n) is 4.30. The third-order valence-corrected chi connectivity index (χ3v) is 2.38. The van der Waals surface area contributed by atoms with Gasteiger partial charge in [0.2, 0.25) is 0 Å². The van der Waals surface area contributed by atoms with E-state index in [0.29, 0.717) is 0 Å². The average Bonchev–Trinajstić information content (AvgIpc) is 2.25. The third kappa shape index (κ3) is 1.52. The summed E-state index contributed by atoms with van der Waals surface area (Å²) in [5.74, 6) is -5.38. The summed E-state index contributed by atoms with van der Waals surface area (Å²) in [6, 6.07) is -0.185. The summed E-state index contributed by atoms with van der Waals surface area (Å²) in [6.45, 7) is 3.35. The molecule has 5 heteroatoms. The Kier molecular flexibility index (Phi) is 2.56. The first kappa shape index (κ1) is 10.4. The summed E-state index contributed by atoms with van der Waals surface area (Å²) in [7, 11) is 0. The molecule has 0 radical (unpaired) electrons. The van der Waals surface area contributed by atoms with Crippen LogP contribution in [0, 0.1) is 5.92 Å². The van der Waals surface area contributed by atoms with E-state index in [4.69, 9.17) is 5.73 Å². The second kappa shape index (κ2) is 3.21. The number of carbonyl (C=O) groups is 1. The van der Waals surface area contributed by atoms with Gasteiger partial charge in [-0.2, -0.15) is 8.78 Å². The van der Waals surface area contributed by atoms with Gasteiger partial charge in [-0.1, -0.05) is 0 Å². The zero-order chi connectivity index (χ0) is 10.2. The standard InChI is InChI=1S/C8H14F2N2O/c1-5(2)12-4-6(3-11)8(9,10)7(12)13/h5-6H,3-4,11H2,1-2H3/t6-/m0/s1. The van der Waals surface area contributed by atoms with Gasteiger partial charge in [0.05, 0.1) is 5.92 Å². The molecule has 0 saturated carbocycles. The molecule has 1 atom stereocenters. The van der Waals surface area contributed by atoms with E-state index >= 15 is 0 Å². The van der Waals surface area contributed by atoms with Crippen LogP contribution in [-0.2, 0) is 4.79 Å². The van der Waals surface area contributed by atoms with Crippen LogP contribution in [0.3, 0.4) is 0 Å². The molecule has 0 bridgehead atoms. The lowest BCUT2D eigenvalue weighted by atomic mass is 10.1. The Hall–Kier alpha value is -0.710. The van der Waals surface area contributed by atoms with Crippen molar-refractivity contribution in [3.8, 4) is 0 Å². The fraction of sp³-hybridized carbons (Fsp3) is 0.875. The molecule has 0 aromatic carbocycles. The maximum Gasteiger partial charge on any atom is 0.330 e. The zero-order valence-electron chi connectivity index (χ0n) is 7.76. The van der Waals surface area contributed by atoms with Crippen molar-refractivity contribution in [1.29, 1.82) is 0 Å². The molecule has 1 amide bonds. The molecular formula is C8H14F2N2O. The molecule has 1 heterocycles. The van der Waals surface area contributed by atoms with Gasteiger partial charge in [0.1, 0.15) is 0 Å².